The van der Waals surface area contributed by atoms with Crippen molar-refractivity contribution in [3.8, 4) is 0 Å². The average molecular weight is 209 g/mol. The monoisotopic (exact) mass is 209 g/mol. The molecule has 0 unspecified atom stereocenters. The lowest BCUT2D eigenvalue weighted by Crippen LogP contribution is -2.24. The summed E-state index contributed by atoms with van der Waals surface area (Å²) >= 11 is 0. The fourth-order valence-corrected chi connectivity index (χ4v) is 1.98. The molecule has 0 aliphatic carbocycles. The fourth-order valence-electron chi connectivity index (χ4n) is 1.98. The van der Waals surface area contributed by atoms with Crippen molar-refractivity contribution in [3.05, 3.63) is 23.0 Å². The Kier molecular flexibility index (Phi) is 3.39. The number of aryl methyl sites for hydroxylation is 1. The highest BCUT2D eigenvalue weighted by Gasteiger charge is 2.20. The van der Waals surface area contributed by atoms with Crippen LogP contribution in [0.15, 0.2) is 6.07 Å². The van der Waals surface area contributed by atoms with Crippen LogP contribution in [0.1, 0.15) is 54.4 Å². The third kappa shape index (κ3) is 1.98. The van der Waals surface area contributed by atoms with E-state index in [0.29, 0.717) is 11.6 Å². The summed E-state index contributed by atoms with van der Waals surface area (Å²) in [6, 6.07) is 1.96. The van der Waals surface area contributed by atoms with Crippen molar-refractivity contribution in [2.45, 2.75) is 39.5 Å². The van der Waals surface area contributed by atoms with E-state index in [4.69, 9.17) is 11.6 Å². The molecule has 1 aromatic rings. The van der Waals surface area contributed by atoms with E-state index >= 15 is 0 Å². The normalized spacial score (nSPS) is 10.9. The lowest BCUT2D eigenvalue weighted by molar-refractivity contribution is 0.0991. The molecule has 0 saturated carbocycles. The zero-order chi connectivity index (χ0) is 11.6. The molecule has 0 atom stereocenters. The van der Waals surface area contributed by atoms with Gasteiger partial charge in [-0.2, -0.15) is 0 Å². The van der Waals surface area contributed by atoms with Gasteiger partial charge in [0.05, 0.1) is 0 Å². The minimum atomic E-state index is -0.451. The average Bonchev–Trinajstić information content (AvgIpc) is 2.45. The van der Waals surface area contributed by atoms with E-state index in [1.54, 1.807) is 0 Å². The molecule has 0 bridgehead atoms. The van der Waals surface area contributed by atoms with Crippen molar-refractivity contribution in [3.63, 3.8) is 0 Å². The van der Waals surface area contributed by atoms with Gasteiger partial charge in [-0.3, -0.25) is 9.47 Å². The summed E-state index contributed by atoms with van der Waals surface area (Å²) in [4.78, 5) is 11.3. The standard InChI is InChI=1S/C11H19N3O/c1-4-8(5-2)9-6-7(3)14(13)10(9)11(12)15/h6,8H,4-5,13H2,1-3H3,(H2,12,15). The number of hydrogen-bond acceptors (Lipinski definition) is 2. The molecular weight excluding hydrogens is 190 g/mol. The number of rotatable bonds is 4. The first kappa shape index (κ1) is 11.6. The second-order valence-corrected chi connectivity index (χ2v) is 3.84. The number of carbonyl (C=O) groups excluding carboxylic acids is 1. The van der Waals surface area contributed by atoms with Gasteiger partial charge in [-0.1, -0.05) is 13.8 Å². The number of nitrogens with two attached hydrogens (primary N) is 2. The summed E-state index contributed by atoms with van der Waals surface area (Å²) in [5.41, 5.74) is 7.63. The molecule has 1 amide bonds. The molecule has 0 spiro atoms. The van der Waals surface area contributed by atoms with Crippen molar-refractivity contribution in [2.75, 3.05) is 5.84 Å². The van der Waals surface area contributed by atoms with E-state index < -0.39 is 5.91 Å². The molecule has 0 aromatic carbocycles. The Morgan fingerprint density at radius 1 is 1.47 bits per heavy atom. The third-order valence-corrected chi connectivity index (χ3v) is 2.92. The van der Waals surface area contributed by atoms with E-state index in [-0.39, 0.29) is 0 Å². The van der Waals surface area contributed by atoms with E-state index in [1.165, 1.54) is 4.68 Å². The SMILES string of the molecule is CCC(CC)c1cc(C)n(N)c1C(N)=O. The van der Waals surface area contributed by atoms with Gasteiger partial charge in [0.2, 0.25) is 0 Å². The zero-order valence-corrected chi connectivity index (χ0v) is 9.58. The molecule has 0 aliphatic rings. The van der Waals surface area contributed by atoms with Gasteiger partial charge in [-0.05, 0) is 37.3 Å². The van der Waals surface area contributed by atoms with Gasteiger partial charge < -0.3 is 11.6 Å². The van der Waals surface area contributed by atoms with Crippen LogP contribution < -0.4 is 11.6 Å². The highest BCUT2D eigenvalue weighted by molar-refractivity contribution is 5.93. The Hall–Kier alpha value is -1.45. The Morgan fingerprint density at radius 3 is 2.40 bits per heavy atom. The summed E-state index contributed by atoms with van der Waals surface area (Å²) < 4.78 is 1.38. The van der Waals surface area contributed by atoms with Crippen molar-refractivity contribution in [1.29, 1.82) is 0 Å². The van der Waals surface area contributed by atoms with Crippen molar-refractivity contribution >= 4 is 5.91 Å². The van der Waals surface area contributed by atoms with Crippen molar-refractivity contribution in [2.24, 2.45) is 5.73 Å². The molecule has 1 aromatic heterocycles. The van der Waals surface area contributed by atoms with Gasteiger partial charge in [0.1, 0.15) is 5.69 Å². The van der Waals surface area contributed by atoms with Crippen LogP contribution in [0.4, 0.5) is 0 Å². The number of hydrogen-bond donors (Lipinski definition) is 2. The lowest BCUT2D eigenvalue weighted by Gasteiger charge is -2.12. The Morgan fingerprint density at radius 2 is 2.00 bits per heavy atom. The maximum Gasteiger partial charge on any atom is 0.267 e. The largest absolute Gasteiger partial charge is 0.364 e. The van der Waals surface area contributed by atoms with E-state index in [0.717, 1.165) is 24.1 Å². The lowest BCUT2D eigenvalue weighted by atomic mass is 9.93. The number of primary amides is 1. The van der Waals surface area contributed by atoms with Crippen LogP contribution >= 0.6 is 0 Å². The van der Waals surface area contributed by atoms with Gasteiger partial charge >= 0.3 is 0 Å². The molecular formula is C11H19N3O. The summed E-state index contributed by atoms with van der Waals surface area (Å²) in [5.74, 6) is 5.67. The molecule has 0 aliphatic heterocycles. The molecule has 15 heavy (non-hydrogen) atoms. The van der Waals surface area contributed by atoms with Crippen molar-refractivity contribution in [1.82, 2.24) is 4.68 Å². The van der Waals surface area contributed by atoms with Crippen LogP contribution in [0, 0.1) is 6.92 Å². The van der Waals surface area contributed by atoms with Gasteiger partial charge in [-0.25, -0.2) is 0 Å². The Labute approximate surface area is 90.2 Å². The zero-order valence-electron chi connectivity index (χ0n) is 9.58. The maximum absolute atomic E-state index is 11.3. The molecule has 0 fully saturated rings. The van der Waals surface area contributed by atoms with Crippen LogP contribution in [-0.4, -0.2) is 10.6 Å². The third-order valence-electron chi connectivity index (χ3n) is 2.92. The number of nitrogen functional groups attached to an aromatic ring is 1. The van der Waals surface area contributed by atoms with Crippen LogP contribution in [0.5, 0.6) is 0 Å². The van der Waals surface area contributed by atoms with Gasteiger partial charge in [0.25, 0.3) is 5.91 Å². The molecule has 4 heteroatoms. The first-order valence-electron chi connectivity index (χ1n) is 5.29. The van der Waals surface area contributed by atoms with Crippen LogP contribution in [0.3, 0.4) is 0 Å². The minimum absolute atomic E-state index is 0.357. The fraction of sp³-hybridized carbons (Fsp3) is 0.545. The Balaban J connectivity index is 3.28. The molecule has 1 heterocycles. The minimum Gasteiger partial charge on any atom is -0.364 e. The quantitative estimate of drug-likeness (QED) is 0.738. The Bertz CT molecular complexity index is 364. The van der Waals surface area contributed by atoms with E-state index in [2.05, 4.69) is 13.8 Å². The topological polar surface area (TPSA) is 74.0 Å². The number of carbonyl (C=O) groups is 1. The van der Waals surface area contributed by atoms with Crippen LogP contribution in [0.25, 0.3) is 0 Å². The first-order chi connectivity index (χ1) is 7.02. The summed E-state index contributed by atoms with van der Waals surface area (Å²) in [7, 11) is 0. The highest BCUT2D eigenvalue weighted by Crippen LogP contribution is 2.27. The second-order valence-electron chi connectivity index (χ2n) is 3.84. The molecule has 4 nitrogen and oxygen atoms in total. The second kappa shape index (κ2) is 4.38. The van der Waals surface area contributed by atoms with Gasteiger partial charge in [0, 0.05) is 5.69 Å². The van der Waals surface area contributed by atoms with Crippen LogP contribution in [0.2, 0.25) is 0 Å². The van der Waals surface area contributed by atoms with Gasteiger partial charge in [0.15, 0.2) is 0 Å². The van der Waals surface area contributed by atoms with Crippen molar-refractivity contribution < 1.29 is 4.79 Å². The molecule has 0 radical (unpaired) electrons. The molecule has 4 N–H and O–H groups in total. The summed E-state index contributed by atoms with van der Waals surface area (Å²) in [6.45, 7) is 6.07. The molecule has 84 valence electrons. The predicted molar refractivity (Wildman–Crippen MR) is 61.2 cm³/mol. The van der Waals surface area contributed by atoms with E-state index in [1.807, 2.05) is 13.0 Å². The van der Waals surface area contributed by atoms with Crippen LogP contribution in [-0.2, 0) is 0 Å². The highest BCUT2D eigenvalue weighted by atomic mass is 16.1. The number of amides is 1. The predicted octanol–water partition coefficient (Wildman–Crippen LogP) is 1.51. The first-order valence-corrected chi connectivity index (χ1v) is 5.29. The molecule has 1 rings (SSSR count). The summed E-state index contributed by atoms with van der Waals surface area (Å²) in [5, 5.41) is 0. The molecule has 0 saturated heterocycles. The summed E-state index contributed by atoms with van der Waals surface area (Å²) in [6.07, 6.45) is 1.97. The smallest absolute Gasteiger partial charge is 0.267 e. The maximum atomic E-state index is 11.3. The number of nitrogens with zero attached hydrogens (tertiary/aromatic N) is 1. The number of aromatic nitrogens is 1. The van der Waals surface area contributed by atoms with Gasteiger partial charge in [-0.15, -0.1) is 0 Å². The van der Waals surface area contributed by atoms with E-state index in [9.17, 15) is 4.79 Å².